The summed E-state index contributed by atoms with van der Waals surface area (Å²) in [5.74, 6) is -0.158. The highest BCUT2D eigenvalue weighted by atomic mass is 79.9. The molecule has 0 saturated carbocycles. The highest BCUT2D eigenvalue weighted by Gasteiger charge is 2.07. The van der Waals surface area contributed by atoms with Crippen LogP contribution in [0.15, 0.2) is 21.5 Å². The lowest BCUT2D eigenvalue weighted by Crippen LogP contribution is -2.36. The van der Waals surface area contributed by atoms with E-state index < -0.39 is 0 Å². The molecule has 1 heterocycles. The first-order valence-electron chi connectivity index (χ1n) is 5.06. The Kier molecular flexibility index (Phi) is 4.29. The molecule has 1 N–H and O–H groups in total. The van der Waals surface area contributed by atoms with Gasteiger partial charge in [0.25, 0.3) is 5.56 Å². The van der Waals surface area contributed by atoms with Crippen molar-refractivity contribution < 1.29 is 4.79 Å². The molecule has 0 atom stereocenters. The minimum absolute atomic E-state index is 0.0529. The Balaban J connectivity index is 2.89. The lowest BCUT2D eigenvalue weighted by Gasteiger charge is -2.10. The molecule has 1 aromatic rings. The third kappa shape index (κ3) is 3.48. The second kappa shape index (κ2) is 5.30. The average molecular weight is 287 g/mol. The van der Waals surface area contributed by atoms with Crippen molar-refractivity contribution in [1.82, 2.24) is 9.88 Å². The monoisotopic (exact) mass is 286 g/mol. The van der Waals surface area contributed by atoms with E-state index in [1.807, 2.05) is 13.8 Å². The van der Waals surface area contributed by atoms with Crippen molar-refractivity contribution in [3.8, 4) is 0 Å². The predicted octanol–water partition coefficient (Wildman–Crippen LogP) is 1.44. The first kappa shape index (κ1) is 13.0. The Morgan fingerprint density at radius 3 is 2.75 bits per heavy atom. The van der Waals surface area contributed by atoms with Crippen LogP contribution in [0.5, 0.6) is 0 Å². The van der Waals surface area contributed by atoms with Gasteiger partial charge < -0.3 is 9.88 Å². The number of nitrogens with zero attached hydrogens (tertiary/aromatic N) is 1. The molecule has 16 heavy (non-hydrogen) atoms. The third-order valence-corrected chi connectivity index (χ3v) is 2.43. The van der Waals surface area contributed by atoms with Crippen molar-refractivity contribution in [2.45, 2.75) is 33.4 Å². The van der Waals surface area contributed by atoms with Crippen LogP contribution in [0.25, 0.3) is 0 Å². The summed E-state index contributed by atoms with van der Waals surface area (Å²) >= 11 is 3.30. The predicted molar refractivity (Wildman–Crippen MR) is 66.4 cm³/mol. The van der Waals surface area contributed by atoms with E-state index in [1.54, 1.807) is 19.2 Å². The van der Waals surface area contributed by atoms with Crippen LogP contribution in [0.1, 0.15) is 19.4 Å². The summed E-state index contributed by atoms with van der Waals surface area (Å²) < 4.78 is 2.19. The Bertz CT molecular complexity index is 452. The van der Waals surface area contributed by atoms with Crippen LogP contribution in [0.2, 0.25) is 0 Å². The van der Waals surface area contributed by atoms with E-state index in [1.165, 1.54) is 4.57 Å². The summed E-state index contributed by atoms with van der Waals surface area (Å²) in [7, 11) is 0. The zero-order valence-corrected chi connectivity index (χ0v) is 11.2. The molecule has 0 aliphatic heterocycles. The third-order valence-electron chi connectivity index (χ3n) is 2.00. The summed E-state index contributed by atoms with van der Waals surface area (Å²) in [5, 5.41) is 2.74. The van der Waals surface area contributed by atoms with Gasteiger partial charge in [0.2, 0.25) is 5.91 Å². The van der Waals surface area contributed by atoms with E-state index in [0.29, 0.717) is 5.56 Å². The minimum atomic E-state index is -0.158. The van der Waals surface area contributed by atoms with Crippen LogP contribution in [0.4, 0.5) is 0 Å². The van der Waals surface area contributed by atoms with E-state index in [2.05, 4.69) is 21.2 Å². The molecule has 0 aliphatic carbocycles. The van der Waals surface area contributed by atoms with E-state index in [-0.39, 0.29) is 24.1 Å². The molecule has 0 spiro atoms. The van der Waals surface area contributed by atoms with Gasteiger partial charge in [-0.05, 0) is 42.8 Å². The summed E-state index contributed by atoms with van der Waals surface area (Å²) in [6.07, 6.45) is 1.62. The largest absolute Gasteiger partial charge is 0.352 e. The normalized spacial score (nSPS) is 10.6. The Hall–Kier alpha value is -1.10. The Labute approximate surface area is 103 Å². The van der Waals surface area contributed by atoms with Crippen LogP contribution in [-0.2, 0) is 11.3 Å². The fourth-order valence-corrected chi connectivity index (χ4v) is 1.97. The number of rotatable bonds is 3. The number of carbonyl (C=O) groups is 1. The Morgan fingerprint density at radius 1 is 1.56 bits per heavy atom. The van der Waals surface area contributed by atoms with Crippen molar-refractivity contribution in [3.63, 3.8) is 0 Å². The highest BCUT2D eigenvalue weighted by Crippen LogP contribution is 2.07. The van der Waals surface area contributed by atoms with Crippen molar-refractivity contribution in [3.05, 3.63) is 32.7 Å². The first-order chi connectivity index (χ1) is 7.40. The van der Waals surface area contributed by atoms with Gasteiger partial charge in [0.1, 0.15) is 6.54 Å². The SMILES string of the molecule is Cc1cc(Br)cn(CC(=O)NC(C)C)c1=O. The molecule has 0 aromatic carbocycles. The van der Waals surface area contributed by atoms with Gasteiger partial charge in [-0.2, -0.15) is 0 Å². The lowest BCUT2D eigenvalue weighted by molar-refractivity contribution is -0.122. The molecule has 0 radical (unpaired) electrons. The highest BCUT2D eigenvalue weighted by molar-refractivity contribution is 9.10. The second-order valence-electron chi connectivity index (χ2n) is 4.00. The van der Waals surface area contributed by atoms with E-state index in [9.17, 15) is 9.59 Å². The molecule has 0 aliphatic rings. The summed E-state index contributed by atoms with van der Waals surface area (Å²) in [6, 6.07) is 1.82. The zero-order valence-electron chi connectivity index (χ0n) is 9.58. The van der Waals surface area contributed by atoms with Gasteiger partial charge in [-0.3, -0.25) is 9.59 Å². The summed E-state index contributed by atoms with van der Waals surface area (Å²) in [6.45, 7) is 5.54. The standard InChI is InChI=1S/C11H15BrN2O2/c1-7(2)13-10(15)6-14-5-9(12)4-8(3)11(14)16/h4-5,7H,6H2,1-3H3,(H,13,15). The van der Waals surface area contributed by atoms with E-state index >= 15 is 0 Å². The van der Waals surface area contributed by atoms with Gasteiger partial charge in [-0.25, -0.2) is 0 Å². The van der Waals surface area contributed by atoms with Crippen LogP contribution in [0.3, 0.4) is 0 Å². The number of hydrogen-bond donors (Lipinski definition) is 1. The number of halogens is 1. The topological polar surface area (TPSA) is 51.1 Å². The number of hydrogen-bond acceptors (Lipinski definition) is 2. The molecule has 0 bridgehead atoms. The maximum Gasteiger partial charge on any atom is 0.253 e. The molecule has 0 fully saturated rings. The molecule has 1 amide bonds. The Morgan fingerprint density at radius 2 is 2.19 bits per heavy atom. The number of nitrogens with one attached hydrogen (secondary N) is 1. The van der Waals surface area contributed by atoms with Crippen molar-refractivity contribution in [2.75, 3.05) is 0 Å². The van der Waals surface area contributed by atoms with Gasteiger partial charge in [-0.15, -0.1) is 0 Å². The fourth-order valence-electron chi connectivity index (χ4n) is 1.38. The number of aryl methyl sites for hydroxylation is 1. The van der Waals surface area contributed by atoms with Crippen LogP contribution >= 0.6 is 15.9 Å². The molecule has 0 unspecified atom stereocenters. The van der Waals surface area contributed by atoms with Gasteiger partial charge in [0.15, 0.2) is 0 Å². The van der Waals surface area contributed by atoms with Crippen molar-refractivity contribution in [2.24, 2.45) is 0 Å². The van der Waals surface area contributed by atoms with Crippen molar-refractivity contribution in [1.29, 1.82) is 0 Å². The van der Waals surface area contributed by atoms with Gasteiger partial charge in [-0.1, -0.05) is 0 Å². The molecule has 88 valence electrons. The zero-order chi connectivity index (χ0) is 12.3. The van der Waals surface area contributed by atoms with Gasteiger partial charge in [0, 0.05) is 22.3 Å². The fraction of sp³-hybridized carbons (Fsp3) is 0.455. The molecule has 1 aromatic heterocycles. The average Bonchev–Trinajstić information content (AvgIpc) is 2.11. The maximum absolute atomic E-state index is 11.7. The molecule has 4 nitrogen and oxygen atoms in total. The molecule has 0 saturated heterocycles. The van der Waals surface area contributed by atoms with Crippen LogP contribution in [-0.4, -0.2) is 16.5 Å². The maximum atomic E-state index is 11.7. The van der Waals surface area contributed by atoms with Gasteiger partial charge in [0.05, 0.1) is 0 Å². The summed E-state index contributed by atoms with van der Waals surface area (Å²) in [4.78, 5) is 23.2. The first-order valence-corrected chi connectivity index (χ1v) is 5.85. The van der Waals surface area contributed by atoms with Crippen molar-refractivity contribution >= 4 is 21.8 Å². The molecular weight excluding hydrogens is 272 g/mol. The second-order valence-corrected chi connectivity index (χ2v) is 4.91. The number of pyridine rings is 1. The number of aromatic nitrogens is 1. The number of amides is 1. The quantitative estimate of drug-likeness (QED) is 0.914. The van der Waals surface area contributed by atoms with Crippen LogP contribution in [0, 0.1) is 6.92 Å². The molecule has 5 heteroatoms. The van der Waals surface area contributed by atoms with E-state index in [0.717, 1.165) is 4.47 Å². The molecule has 1 rings (SSSR count). The molecular formula is C11H15BrN2O2. The smallest absolute Gasteiger partial charge is 0.253 e. The van der Waals surface area contributed by atoms with Gasteiger partial charge >= 0.3 is 0 Å². The summed E-state index contributed by atoms with van der Waals surface area (Å²) in [5.41, 5.74) is 0.480. The number of carbonyl (C=O) groups excluding carboxylic acids is 1. The lowest BCUT2D eigenvalue weighted by atomic mass is 10.3. The minimum Gasteiger partial charge on any atom is -0.352 e. The van der Waals surface area contributed by atoms with E-state index in [4.69, 9.17) is 0 Å². The van der Waals surface area contributed by atoms with Crippen LogP contribution < -0.4 is 10.9 Å².